The molecule has 0 bridgehead atoms. The maximum absolute atomic E-state index is 13.2. The van der Waals surface area contributed by atoms with Crippen molar-refractivity contribution >= 4 is 17.4 Å². The third kappa shape index (κ3) is 5.94. The number of imidazole rings is 1. The van der Waals surface area contributed by atoms with Crippen molar-refractivity contribution in [2.45, 2.75) is 12.7 Å². The zero-order chi connectivity index (χ0) is 24.9. The van der Waals surface area contributed by atoms with Crippen LogP contribution in [0.3, 0.4) is 0 Å². The summed E-state index contributed by atoms with van der Waals surface area (Å²) in [5.41, 5.74) is 2.41. The fourth-order valence-electron chi connectivity index (χ4n) is 2.88. The lowest BCUT2D eigenvalue weighted by Crippen LogP contribution is -2.23. The second-order valence-corrected chi connectivity index (χ2v) is 6.86. The van der Waals surface area contributed by atoms with E-state index in [4.69, 9.17) is 9.90 Å². The van der Waals surface area contributed by atoms with Crippen LogP contribution in [0, 0.1) is 11.6 Å². The summed E-state index contributed by atoms with van der Waals surface area (Å²) in [6, 6.07) is 17.3. The average molecular weight is 477 g/mol. The Morgan fingerprint density at radius 1 is 0.912 bits per heavy atom. The van der Waals surface area contributed by atoms with Crippen molar-refractivity contribution in [1.82, 2.24) is 14.7 Å². The lowest BCUT2D eigenvalue weighted by molar-refractivity contribution is -0.192. The van der Waals surface area contributed by atoms with Gasteiger partial charge in [0.15, 0.2) is 5.69 Å². The van der Waals surface area contributed by atoms with Crippen molar-refractivity contribution in [3.63, 3.8) is 0 Å². The molecule has 1 amide bonds. The SMILES string of the molecule is O=C(NCc1ccc(F)cc1)c1nc(-c2ccc(F)cc2)n2ccccc12.O=C(O)C(F)(F)F. The highest BCUT2D eigenvalue weighted by Crippen LogP contribution is 2.23. The molecule has 6 nitrogen and oxygen atoms in total. The Kier molecular flexibility index (Phi) is 7.24. The van der Waals surface area contributed by atoms with Crippen molar-refractivity contribution in [2.75, 3.05) is 0 Å². The van der Waals surface area contributed by atoms with Crippen LogP contribution in [0.5, 0.6) is 0 Å². The molecule has 2 aromatic carbocycles. The minimum Gasteiger partial charge on any atom is -0.475 e. The number of hydrogen-bond acceptors (Lipinski definition) is 3. The highest BCUT2D eigenvalue weighted by atomic mass is 19.4. The molecule has 11 heteroatoms. The molecule has 0 atom stereocenters. The molecule has 4 aromatic rings. The Hall–Kier alpha value is -4.28. The van der Waals surface area contributed by atoms with Crippen LogP contribution >= 0.6 is 0 Å². The number of fused-ring (bicyclic) bond motifs is 1. The van der Waals surface area contributed by atoms with Gasteiger partial charge in [-0.05, 0) is 54.1 Å². The van der Waals surface area contributed by atoms with E-state index in [0.717, 1.165) is 5.56 Å². The number of nitrogens with one attached hydrogen (secondary N) is 1. The maximum atomic E-state index is 13.2. The number of nitrogens with zero attached hydrogens (tertiary/aromatic N) is 2. The highest BCUT2D eigenvalue weighted by molar-refractivity contribution is 6.00. The number of hydrogen-bond donors (Lipinski definition) is 2. The fraction of sp³-hybridized carbons (Fsp3) is 0.0870. The summed E-state index contributed by atoms with van der Waals surface area (Å²) in [7, 11) is 0. The van der Waals surface area contributed by atoms with Crippen molar-refractivity contribution < 1.29 is 36.6 Å². The van der Waals surface area contributed by atoms with Gasteiger partial charge in [0.25, 0.3) is 5.91 Å². The maximum Gasteiger partial charge on any atom is 0.490 e. The van der Waals surface area contributed by atoms with E-state index in [0.29, 0.717) is 16.9 Å². The molecule has 2 heterocycles. The summed E-state index contributed by atoms with van der Waals surface area (Å²) in [5, 5.41) is 9.93. The lowest BCUT2D eigenvalue weighted by Gasteiger charge is -2.04. The lowest BCUT2D eigenvalue weighted by atomic mass is 10.2. The van der Waals surface area contributed by atoms with Gasteiger partial charge in [-0.3, -0.25) is 9.20 Å². The molecule has 0 saturated carbocycles. The van der Waals surface area contributed by atoms with Gasteiger partial charge >= 0.3 is 12.1 Å². The monoisotopic (exact) mass is 477 g/mol. The molecule has 2 N–H and O–H groups in total. The topological polar surface area (TPSA) is 83.7 Å². The number of aromatic nitrogens is 2. The molecular weight excluding hydrogens is 461 g/mol. The summed E-state index contributed by atoms with van der Waals surface area (Å²) in [4.78, 5) is 26.1. The van der Waals surface area contributed by atoms with Crippen LogP contribution in [-0.2, 0) is 11.3 Å². The van der Waals surface area contributed by atoms with Crippen LogP contribution in [0.4, 0.5) is 22.0 Å². The van der Waals surface area contributed by atoms with Gasteiger partial charge in [0, 0.05) is 18.3 Å². The summed E-state index contributed by atoms with van der Waals surface area (Å²) in [5.74, 6) is -3.20. The van der Waals surface area contributed by atoms with Gasteiger partial charge in [0.2, 0.25) is 0 Å². The van der Waals surface area contributed by atoms with Gasteiger partial charge < -0.3 is 10.4 Å². The number of amides is 1. The Labute approximate surface area is 189 Å². The highest BCUT2D eigenvalue weighted by Gasteiger charge is 2.38. The predicted molar refractivity (Wildman–Crippen MR) is 112 cm³/mol. The number of carbonyl (C=O) groups excluding carboxylic acids is 1. The zero-order valence-electron chi connectivity index (χ0n) is 17.2. The van der Waals surface area contributed by atoms with E-state index in [2.05, 4.69) is 10.3 Å². The van der Waals surface area contributed by atoms with E-state index in [1.807, 2.05) is 12.1 Å². The van der Waals surface area contributed by atoms with Crippen molar-refractivity contribution in [3.05, 3.63) is 95.8 Å². The molecule has 2 aromatic heterocycles. The number of pyridine rings is 1. The van der Waals surface area contributed by atoms with Gasteiger partial charge in [-0.2, -0.15) is 13.2 Å². The van der Waals surface area contributed by atoms with Crippen molar-refractivity contribution in [2.24, 2.45) is 0 Å². The normalized spacial score (nSPS) is 11.0. The summed E-state index contributed by atoms with van der Waals surface area (Å²) in [6.45, 7) is 0.261. The molecule has 0 aliphatic rings. The second kappa shape index (κ2) is 10.1. The largest absolute Gasteiger partial charge is 0.490 e. The van der Waals surface area contributed by atoms with Gasteiger partial charge in [-0.15, -0.1) is 0 Å². The first kappa shape index (κ1) is 24.4. The number of alkyl halides is 3. The first-order valence-corrected chi connectivity index (χ1v) is 9.62. The Morgan fingerprint density at radius 2 is 1.47 bits per heavy atom. The van der Waals surface area contributed by atoms with Crippen LogP contribution in [-0.4, -0.2) is 32.5 Å². The minimum atomic E-state index is -5.08. The van der Waals surface area contributed by atoms with E-state index in [1.165, 1.54) is 24.3 Å². The van der Waals surface area contributed by atoms with Crippen LogP contribution < -0.4 is 5.32 Å². The molecule has 176 valence electrons. The summed E-state index contributed by atoms with van der Waals surface area (Å²) >= 11 is 0. The number of carboxylic acid groups (broad SMARTS) is 1. The molecule has 0 radical (unpaired) electrons. The van der Waals surface area contributed by atoms with Gasteiger partial charge in [0.05, 0.1) is 5.52 Å². The number of rotatable bonds is 4. The van der Waals surface area contributed by atoms with Crippen LogP contribution in [0.25, 0.3) is 16.9 Å². The third-order valence-corrected chi connectivity index (χ3v) is 4.47. The van der Waals surface area contributed by atoms with E-state index in [-0.39, 0.29) is 29.8 Å². The molecule has 4 rings (SSSR count). The first-order chi connectivity index (χ1) is 16.1. The third-order valence-electron chi connectivity index (χ3n) is 4.47. The fourth-order valence-corrected chi connectivity index (χ4v) is 2.88. The van der Waals surface area contributed by atoms with Gasteiger partial charge in [0.1, 0.15) is 17.5 Å². The Morgan fingerprint density at radius 3 is 2.03 bits per heavy atom. The van der Waals surface area contributed by atoms with Crippen molar-refractivity contribution in [1.29, 1.82) is 0 Å². The average Bonchev–Trinajstić information content (AvgIpc) is 3.19. The van der Waals surface area contributed by atoms with Crippen LogP contribution in [0.1, 0.15) is 16.1 Å². The first-order valence-electron chi connectivity index (χ1n) is 9.62. The smallest absolute Gasteiger partial charge is 0.475 e. The standard InChI is InChI=1S/C21H15F2N3O.C2HF3O2/c22-16-8-4-14(5-9-16)13-24-21(27)19-18-3-1-2-12-26(18)20(25-19)15-6-10-17(23)11-7-15;3-2(4,5)1(6)7/h1-12H,13H2,(H,24,27);(H,6,7). The molecule has 0 spiro atoms. The Balaban J connectivity index is 0.000000406. The second-order valence-electron chi connectivity index (χ2n) is 6.86. The van der Waals surface area contributed by atoms with Gasteiger partial charge in [-0.25, -0.2) is 18.6 Å². The summed E-state index contributed by atoms with van der Waals surface area (Å²) < 4.78 is 59.7. The number of benzene rings is 2. The van der Waals surface area contributed by atoms with E-state index in [9.17, 15) is 26.7 Å². The summed E-state index contributed by atoms with van der Waals surface area (Å²) in [6.07, 6.45) is -3.28. The molecular formula is C23H16F5N3O3. The molecule has 0 fully saturated rings. The molecule has 0 saturated heterocycles. The van der Waals surface area contributed by atoms with E-state index < -0.39 is 12.1 Å². The van der Waals surface area contributed by atoms with Gasteiger partial charge in [-0.1, -0.05) is 18.2 Å². The minimum absolute atomic E-state index is 0.261. The molecule has 0 unspecified atom stereocenters. The molecule has 0 aliphatic carbocycles. The zero-order valence-corrected chi connectivity index (χ0v) is 17.2. The number of aliphatic carboxylic acids is 1. The van der Waals surface area contributed by atoms with Crippen LogP contribution in [0.15, 0.2) is 72.9 Å². The number of carboxylic acids is 1. The van der Waals surface area contributed by atoms with Crippen LogP contribution in [0.2, 0.25) is 0 Å². The quantitative estimate of drug-likeness (QED) is 0.412. The van der Waals surface area contributed by atoms with E-state index in [1.54, 1.807) is 40.9 Å². The molecule has 34 heavy (non-hydrogen) atoms. The van der Waals surface area contributed by atoms with E-state index >= 15 is 0 Å². The number of halogens is 5. The molecule has 0 aliphatic heterocycles. The van der Waals surface area contributed by atoms with Crippen molar-refractivity contribution in [3.8, 4) is 11.4 Å². The number of carbonyl (C=O) groups is 2. The predicted octanol–water partition coefficient (Wildman–Crippen LogP) is 4.84. The Bertz CT molecular complexity index is 1300.